The highest BCUT2D eigenvalue weighted by atomic mass is 19.1. The zero-order valence-corrected chi connectivity index (χ0v) is 10.1. The molecule has 0 radical (unpaired) electrons. The van der Waals surface area contributed by atoms with Gasteiger partial charge in [-0.1, -0.05) is 0 Å². The molecule has 18 heavy (non-hydrogen) atoms. The summed E-state index contributed by atoms with van der Waals surface area (Å²) < 4.78 is 17.5. The van der Waals surface area contributed by atoms with Gasteiger partial charge < -0.3 is 10.1 Å². The van der Waals surface area contributed by atoms with Crippen molar-refractivity contribution in [2.75, 3.05) is 5.32 Å². The number of rotatable bonds is 4. The summed E-state index contributed by atoms with van der Waals surface area (Å²) in [4.78, 5) is 11.4. The Morgan fingerprint density at radius 1 is 1.44 bits per heavy atom. The van der Waals surface area contributed by atoms with Crippen molar-refractivity contribution >= 4 is 11.7 Å². The van der Waals surface area contributed by atoms with Crippen molar-refractivity contribution in [2.45, 2.75) is 20.0 Å². The second-order valence-electron chi connectivity index (χ2n) is 3.78. The number of hydrogen-bond donors (Lipinski definition) is 1. The van der Waals surface area contributed by atoms with Crippen LogP contribution in [0.1, 0.15) is 13.8 Å². The monoisotopic (exact) mass is 248 g/mol. The predicted octanol–water partition coefficient (Wildman–Crippen LogP) is 2.60. The van der Waals surface area contributed by atoms with E-state index in [4.69, 9.17) is 10.00 Å². The molecular formula is C13H13FN2O2. The van der Waals surface area contributed by atoms with E-state index in [1.165, 1.54) is 30.5 Å². The Morgan fingerprint density at radius 3 is 2.56 bits per heavy atom. The summed E-state index contributed by atoms with van der Waals surface area (Å²) in [7, 11) is 0. The van der Waals surface area contributed by atoms with E-state index in [9.17, 15) is 9.18 Å². The van der Waals surface area contributed by atoms with E-state index in [2.05, 4.69) is 5.32 Å². The zero-order chi connectivity index (χ0) is 13.5. The third-order valence-electron chi connectivity index (χ3n) is 1.91. The molecule has 0 unspecified atom stereocenters. The van der Waals surface area contributed by atoms with Gasteiger partial charge in [-0.3, -0.25) is 0 Å². The molecule has 0 spiro atoms. The first-order valence-electron chi connectivity index (χ1n) is 5.36. The lowest BCUT2D eigenvalue weighted by atomic mass is 10.3. The van der Waals surface area contributed by atoms with Crippen molar-refractivity contribution in [1.29, 1.82) is 5.26 Å². The first kappa shape index (κ1) is 13.7. The highest BCUT2D eigenvalue weighted by molar-refractivity contribution is 5.93. The summed E-state index contributed by atoms with van der Waals surface area (Å²) in [6, 6.07) is 7.27. The van der Waals surface area contributed by atoms with Gasteiger partial charge >= 0.3 is 5.97 Å². The average Bonchev–Trinajstić information content (AvgIpc) is 2.31. The zero-order valence-electron chi connectivity index (χ0n) is 10.1. The summed E-state index contributed by atoms with van der Waals surface area (Å²) in [6.07, 6.45) is 0.942. The van der Waals surface area contributed by atoms with Crippen LogP contribution in [0.25, 0.3) is 0 Å². The highest BCUT2D eigenvalue weighted by Crippen LogP contribution is 2.09. The van der Waals surface area contributed by atoms with Crippen molar-refractivity contribution < 1.29 is 13.9 Å². The van der Waals surface area contributed by atoms with Gasteiger partial charge in [0.15, 0.2) is 5.57 Å². The van der Waals surface area contributed by atoms with Crippen LogP contribution in [0.2, 0.25) is 0 Å². The van der Waals surface area contributed by atoms with Gasteiger partial charge in [-0.2, -0.15) is 5.26 Å². The SMILES string of the molecule is CC(C)OC(=O)/C(C#N)=C/Nc1ccc(F)cc1. The summed E-state index contributed by atoms with van der Waals surface area (Å²) >= 11 is 0. The molecule has 0 saturated carbocycles. The van der Waals surface area contributed by atoms with Crippen LogP contribution < -0.4 is 5.32 Å². The van der Waals surface area contributed by atoms with Gasteiger partial charge in [0.2, 0.25) is 0 Å². The number of nitrogens with one attached hydrogen (secondary N) is 1. The van der Waals surface area contributed by atoms with E-state index in [1.807, 2.05) is 0 Å². The number of hydrogen-bond acceptors (Lipinski definition) is 4. The van der Waals surface area contributed by atoms with E-state index < -0.39 is 5.97 Å². The summed E-state index contributed by atoms with van der Waals surface area (Å²) in [5, 5.41) is 11.5. The minimum absolute atomic E-state index is 0.145. The second-order valence-corrected chi connectivity index (χ2v) is 3.78. The maximum atomic E-state index is 12.7. The van der Waals surface area contributed by atoms with Crippen molar-refractivity contribution in [3.8, 4) is 6.07 Å². The minimum atomic E-state index is -0.692. The molecule has 4 nitrogen and oxygen atoms in total. The van der Waals surface area contributed by atoms with Crippen LogP contribution in [-0.4, -0.2) is 12.1 Å². The molecule has 0 heterocycles. The topological polar surface area (TPSA) is 62.1 Å². The fourth-order valence-corrected chi connectivity index (χ4v) is 1.12. The highest BCUT2D eigenvalue weighted by Gasteiger charge is 2.11. The third kappa shape index (κ3) is 4.26. The summed E-state index contributed by atoms with van der Waals surface area (Å²) in [5.41, 5.74) is 0.425. The predicted molar refractivity (Wildman–Crippen MR) is 64.9 cm³/mol. The number of esters is 1. The fourth-order valence-electron chi connectivity index (χ4n) is 1.12. The molecular weight excluding hydrogens is 235 g/mol. The molecule has 0 aliphatic heterocycles. The Labute approximate surface area is 105 Å². The Kier molecular flexibility index (Phi) is 4.88. The summed E-state index contributed by atoms with van der Waals surface area (Å²) in [5.74, 6) is -1.05. The largest absolute Gasteiger partial charge is 0.459 e. The van der Waals surface area contributed by atoms with Crippen molar-refractivity contribution in [3.05, 3.63) is 41.9 Å². The van der Waals surface area contributed by atoms with E-state index in [-0.39, 0.29) is 17.5 Å². The Hall–Kier alpha value is -2.35. The van der Waals surface area contributed by atoms with Gasteiger partial charge in [0.25, 0.3) is 0 Å². The molecule has 94 valence electrons. The van der Waals surface area contributed by atoms with Crippen molar-refractivity contribution in [1.82, 2.24) is 0 Å². The van der Waals surface area contributed by atoms with E-state index in [0.717, 1.165) is 0 Å². The van der Waals surface area contributed by atoms with E-state index in [1.54, 1.807) is 19.9 Å². The lowest BCUT2D eigenvalue weighted by molar-refractivity contribution is -0.142. The third-order valence-corrected chi connectivity index (χ3v) is 1.91. The molecule has 1 N–H and O–H groups in total. The minimum Gasteiger partial charge on any atom is -0.459 e. The summed E-state index contributed by atoms with van der Waals surface area (Å²) in [6.45, 7) is 3.39. The molecule has 1 aromatic carbocycles. The van der Waals surface area contributed by atoms with Crippen LogP contribution in [0.5, 0.6) is 0 Å². The first-order chi connectivity index (χ1) is 8.52. The molecule has 0 aliphatic rings. The molecule has 0 aromatic heterocycles. The van der Waals surface area contributed by atoms with Gasteiger partial charge in [-0.05, 0) is 38.1 Å². The van der Waals surface area contributed by atoms with Gasteiger partial charge in [-0.15, -0.1) is 0 Å². The molecule has 0 atom stereocenters. The smallest absolute Gasteiger partial charge is 0.350 e. The lowest BCUT2D eigenvalue weighted by Gasteiger charge is -2.07. The van der Waals surface area contributed by atoms with Gasteiger partial charge in [-0.25, -0.2) is 9.18 Å². The van der Waals surface area contributed by atoms with Crippen LogP contribution in [0.3, 0.4) is 0 Å². The number of nitrogens with zero attached hydrogens (tertiary/aromatic N) is 1. The van der Waals surface area contributed by atoms with Crippen molar-refractivity contribution in [3.63, 3.8) is 0 Å². The molecule has 1 aromatic rings. The number of halogens is 1. The molecule has 0 amide bonds. The number of carbonyl (C=O) groups excluding carboxylic acids is 1. The van der Waals surface area contributed by atoms with Crippen LogP contribution in [0, 0.1) is 17.1 Å². The Morgan fingerprint density at radius 2 is 2.06 bits per heavy atom. The van der Waals surface area contributed by atoms with Crippen LogP contribution in [-0.2, 0) is 9.53 Å². The molecule has 0 saturated heterocycles. The number of carbonyl (C=O) groups is 1. The fraction of sp³-hybridized carbons (Fsp3) is 0.231. The normalized spacial score (nSPS) is 10.9. The van der Waals surface area contributed by atoms with E-state index >= 15 is 0 Å². The van der Waals surface area contributed by atoms with Crippen LogP contribution >= 0.6 is 0 Å². The number of benzene rings is 1. The number of nitriles is 1. The van der Waals surface area contributed by atoms with Crippen LogP contribution in [0.15, 0.2) is 36.0 Å². The standard InChI is InChI=1S/C13H13FN2O2/c1-9(2)18-13(17)10(7-15)8-16-12-5-3-11(14)4-6-12/h3-6,8-9,16H,1-2H3/b10-8+. The molecule has 0 bridgehead atoms. The van der Waals surface area contributed by atoms with Crippen molar-refractivity contribution in [2.24, 2.45) is 0 Å². The first-order valence-corrected chi connectivity index (χ1v) is 5.36. The maximum Gasteiger partial charge on any atom is 0.350 e. The molecule has 5 heteroatoms. The maximum absolute atomic E-state index is 12.7. The number of anilines is 1. The van der Waals surface area contributed by atoms with Gasteiger partial charge in [0.1, 0.15) is 11.9 Å². The molecule has 1 rings (SSSR count). The van der Waals surface area contributed by atoms with E-state index in [0.29, 0.717) is 5.69 Å². The quantitative estimate of drug-likeness (QED) is 0.505. The molecule has 0 fully saturated rings. The molecule has 0 aliphatic carbocycles. The Bertz CT molecular complexity index is 487. The Balaban J connectivity index is 2.72. The average molecular weight is 248 g/mol. The lowest BCUT2D eigenvalue weighted by Crippen LogP contribution is -2.13. The van der Waals surface area contributed by atoms with Gasteiger partial charge in [0.05, 0.1) is 6.10 Å². The number of ether oxygens (including phenoxy) is 1. The second kappa shape index (κ2) is 6.40. The van der Waals surface area contributed by atoms with Crippen LogP contribution in [0.4, 0.5) is 10.1 Å². The van der Waals surface area contributed by atoms with Gasteiger partial charge in [0, 0.05) is 11.9 Å².